The molecule has 1 aliphatic rings. The molecule has 1 fully saturated rings. The Morgan fingerprint density at radius 3 is 2.16 bits per heavy atom. The van der Waals surface area contributed by atoms with Crippen LogP contribution in [0.3, 0.4) is 0 Å². The van der Waals surface area contributed by atoms with Crippen LogP contribution in [0.4, 0.5) is 0 Å². The van der Waals surface area contributed by atoms with Crippen molar-refractivity contribution < 1.29 is 23.8 Å². The first kappa shape index (κ1) is 22.7. The molecular formula is C23H27ClN2O5. The number of aryl methyl sites for hydroxylation is 1. The molecule has 0 aromatic heterocycles. The van der Waals surface area contributed by atoms with Gasteiger partial charge < -0.3 is 24.0 Å². The van der Waals surface area contributed by atoms with Crippen molar-refractivity contribution in [1.29, 1.82) is 0 Å². The van der Waals surface area contributed by atoms with Crippen LogP contribution in [0.15, 0.2) is 36.4 Å². The Balaban J connectivity index is 1.53. The Labute approximate surface area is 187 Å². The van der Waals surface area contributed by atoms with Gasteiger partial charge in [0, 0.05) is 38.7 Å². The standard InChI is InChI=1S/C23H27ClN2O5/c1-29-17-6-7-18(21(15-17)31-3)23(28)26-12-10-25(11-13-26)22(27)9-5-16-4-8-20(30-2)19(24)14-16/h4,6-8,14-15H,5,9-13H2,1-3H3. The molecule has 31 heavy (non-hydrogen) atoms. The molecule has 2 aromatic carbocycles. The van der Waals surface area contributed by atoms with E-state index >= 15 is 0 Å². The van der Waals surface area contributed by atoms with Crippen molar-refractivity contribution in [3.8, 4) is 17.2 Å². The minimum absolute atomic E-state index is 0.0704. The first-order valence-electron chi connectivity index (χ1n) is 10.1. The predicted octanol–water partition coefficient (Wildman–Crippen LogP) is 3.28. The second-order valence-corrected chi connectivity index (χ2v) is 7.62. The van der Waals surface area contributed by atoms with Gasteiger partial charge in [0.2, 0.25) is 5.91 Å². The Morgan fingerprint density at radius 2 is 1.55 bits per heavy atom. The number of methoxy groups -OCH3 is 3. The van der Waals surface area contributed by atoms with Crippen LogP contribution in [0, 0.1) is 0 Å². The number of hydrogen-bond acceptors (Lipinski definition) is 5. The van der Waals surface area contributed by atoms with Crippen molar-refractivity contribution in [1.82, 2.24) is 9.80 Å². The Kier molecular flexibility index (Phi) is 7.63. The summed E-state index contributed by atoms with van der Waals surface area (Å²) >= 11 is 6.15. The van der Waals surface area contributed by atoms with Crippen molar-refractivity contribution in [2.24, 2.45) is 0 Å². The number of rotatable bonds is 7. The smallest absolute Gasteiger partial charge is 0.257 e. The Morgan fingerprint density at radius 1 is 0.871 bits per heavy atom. The number of nitrogens with zero attached hydrogens (tertiary/aromatic N) is 2. The van der Waals surface area contributed by atoms with Gasteiger partial charge in [0.15, 0.2) is 0 Å². The summed E-state index contributed by atoms with van der Waals surface area (Å²) in [5, 5.41) is 0.536. The lowest BCUT2D eigenvalue weighted by atomic mass is 10.1. The van der Waals surface area contributed by atoms with Gasteiger partial charge in [-0.15, -0.1) is 0 Å². The molecule has 0 N–H and O–H groups in total. The summed E-state index contributed by atoms with van der Waals surface area (Å²) in [5.74, 6) is 1.68. The van der Waals surface area contributed by atoms with E-state index in [1.807, 2.05) is 12.1 Å². The first-order chi connectivity index (χ1) is 15.0. The quantitative estimate of drug-likeness (QED) is 0.652. The van der Waals surface area contributed by atoms with Crippen molar-refractivity contribution in [2.75, 3.05) is 47.5 Å². The molecule has 0 atom stereocenters. The van der Waals surface area contributed by atoms with E-state index in [9.17, 15) is 9.59 Å². The van der Waals surface area contributed by atoms with Crippen LogP contribution in [-0.2, 0) is 11.2 Å². The zero-order chi connectivity index (χ0) is 22.4. The monoisotopic (exact) mass is 446 g/mol. The number of amides is 2. The molecule has 7 nitrogen and oxygen atoms in total. The summed E-state index contributed by atoms with van der Waals surface area (Å²) in [6.07, 6.45) is 0.994. The zero-order valence-electron chi connectivity index (χ0n) is 18.0. The van der Waals surface area contributed by atoms with Crippen LogP contribution in [0.25, 0.3) is 0 Å². The summed E-state index contributed by atoms with van der Waals surface area (Å²) in [6.45, 7) is 1.97. The van der Waals surface area contributed by atoms with Crippen molar-refractivity contribution in [3.05, 3.63) is 52.5 Å². The third-order valence-electron chi connectivity index (χ3n) is 5.40. The van der Waals surface area contributed by atoms with Crippen molar-refractivity contribution >= 4 is 23.4 Å². The highest BCUT2D eigenvalue weighted by Crippen LogP contribution is 2.27. The van der Waals surface area contributed by atoms with Crippen LogP contribution in [0.5, 0.6) is 17.2 Å². The average Bonchev–Trinajstić information content (AvgIpc) is 2.81. The van der Waals surface area contributed by atoms with Gasteiger partial charge >= 0.3 is 0 Å². The second-order valence-electron chi connectivity index (χ2n) is 7.21. The summed E-state index contributed by atoms with van der Waals surface area (Å²) in [4.78, 5) is 29.1. The molecule has 0 unspecified atom stereocenters. The summed E-state index contributed by atoms with van der Waals surface area (Å²) in [6, 6.07) is 10.7. The summed E-state index contributed by atoms with van der Waals surface area (Å²) in [5.41, 5.74) is 1.47. The first-order valence-corrected chi connectivity index (χ1v) is 10.5. The molecule has 2 aromatic rings. The largest absolute Gasteiger partial charge is 0.497 e. The number of halogens is 1. The Bertz CT molecular complexity index is 942. The van der Waals surface area contributed by atoms with E-state index in [-0.39, 0.29) is 11.8 Å². The number of benzene rings is 2. The number of hydrogen-bond donors (Lipinski definition) is 0. The van der Waals surface area contributed by atoms with Gasteiger partial charge in [-0.2, -0.15) is 0 Å². The number of carbonyl (C=O) groups excluding carboxylic acids is 2. The molecule has 0 saturated carbocycles. The molecule has 0 bridgehead atoms. The highest BCUT2D eigenvalue weighted by atomic mass is 35.5. The van der Waals surface area contributed by atoms with Crippen LogP contribution in [0.2, 0.25) is 5.02 Å². The predicted molar refractivity (Wildman–Crippen MR) is 118 cm³/mol. The van der Waals surface area contributed by atoms with Crippen LogP contribution in [0.1, 0.15) is 22.3 Å². The second kappa shape index (κ2) is 10.4. The van der Waals surface area contributed by atoms with E-state index in [2.05, 4.69) is 0 Å². The van der Waals surface area contributed by atoms with Gasteiger partial charge in [-0.1, -0.05) is 17.7 Å². The van der Waals surface area contributed by atoms with E-state index in [0.29, 0.717) is 66.9 Å². The molecule has 1 aliphatic heterocycles. The summed E-state index contributed by atoms with van der Waals surface area (Å²) in [7, 11) is 4.66. The van der Waals surface area contributed by atoms with Gasteiger partial charge in [-0.25, -0.2) is 0 Å². The maximum Gasteiger partial charge on any atom is 0.257 e. The average molecular weight is 447 g/mol. The van der Waals surface area contributed by atoms with Crippen LogP contribution >= 0.6 is 11.6 Å². The number of piperazine rings is 1. The lowest BCUT2D eigenvalue weighted by molar-refractivity contribution is -0.132. The number of carbonyl (C=O) groups is 2. The molecule has 2 amide bonds. The van der Waals surface area contributed by atoms with E-state index in [0.717, 1.165) is 5.56 Å². The van der Waals surface area contributed by atoms with E-state index < -0.39 is 0 Å². The highest BCUT2D eigenvalue weighted by Gasteiger charge is 2.26. The normalized spacial score (nSPS) is 13.7. The van der Waals surface area contributed by atoms with E-state index in [1.54, 1.807) is 48.3 Å². The van der Waals surface area contributed by atoms with Crippen molar-refractivity contribution in [3.63, 3.8) is 0 Å². The van der Waals surface area contributed by atoms with Crippen molar-refractivity contribution in [2.45, 2.75) is 12.8 Å². The molecule has 0 spiro atoms. The molecule has 0 aliphatic carbocycles. The molecule has 8 heteroatoms. The van der Waals surface area contributed by atoms with Gasteiger partial charge in [0.25, 0.3) is 5.91 Å². The van der Waals surface area contributed by atoms with E-state index in [1.165, 1.54) is 7.11 Å². The third-order valence-corrected chi connectivity index (χ3v) is 5.70. The lowest BCUT2D eigenvalue weighted by Gasteiger charge is -2.35. The third kappa shape index (κ3) is 5.41. The van der Waals surface area contributed by atoms with Gasteiger partial charge in [0.05, 0.1) is 31.9 Å². The summed E-state index contributed by atoms with van der Waals surface area (Å²) < 4.78 is 15.7. The van der Waals surface area contributed by atoms with E-state index in [4.69, 9.17) is 25.8 Å². The maximum absolute atomic E-state index is 12.9. The van der Waals surface area contributed by atoms with Gasteiger partial charge in [0.1, 0.15) is 17.2 Å². The molecule has 166 valence electrons. The topological polar surface area (TPSA) is 68.3 Å². The fourth-order valence-electron chi connectivity index (χ4n) is 3.58. The molecule has 3 rings (SSSR count). The molecule has 1 heterocycles. The minimum atomic E-state index is -0.112. The van der Waals surface area contributed by atoms with Crippen LogP contribution in [-0.4, -0.2) is 69.1 Å². The fourth-order valence-corrected chi connectivity index (χ4v) is 3.86. The number of ether oxygens (including phenoxy) is 3. The molecular weight excluding hydrogens is 420 g/mol. The van der Waals surface area contributed by atoms with Crippen LogP contribution < -0.4 is 14.2 Å². The molecule has 0 radical (unpaired) electrons. The van der Waals surface area contributed by atoms with Gasteiger partial charge in [-0.3, -0.25) is 9.59 Å². The highest BCUT2D eigenvalue weighted by molar-refractivity contribution is 6.32. The molecule has 1 saturated heterocycles. The Hall–Kier alpha value is -2.93. The lowest BCUT2D eigenvalue weighted by Crippen LogP contribution is -2.50. The zero-order valence-corrected chi connectivity index (χ0v) is 18.8. The maximum atomic E-state index is 12.9. The minimum Gasteiger partial charge on any atom is -0.497 e. The SMILES string of the molecule is COc1ccc(C(=O)N2CCN(C(=O)CCc3ccc(OC)c(Cl)c3)CC2)c(OC)c1. The van der Waals surface area contributed by atoms with Gasteiger partial charge in [-0.05, 0) is 36.2 Å². The fraction of sp³-hybridized carbons (Fsp3) is 0.391.